The molecule has 3 fully saturated rings. The van der Waals surface area contributed by atoms with Crippen molar-refractivity contribution in [2.75, 3.05) is 0 Å². The Morgan fingerprint density at radius 1 is 1.25 bits per heavy atom. The van der Waals surface area contributed by atoms with Gasteiger partial charge in [-0.1, -0.05) is 54.4 Å². The summed E-state index contributed by atoms with van der Waals surface area (Å²) in [6.45, 7) is 17.4. The zero-order chi connectivity index (χ0) is 18.6. The van der Waals surface area contributed by atoms with E-state index in [1.54, 1.807) is 0 Å². The fourth-order valence-electron chi connectivity index (χ4n) is 4.53. The predicted molar refractivity (Wildman–Crippen MR) is 102 cm³/mol. The molecular formula is C20H38O3Si. The van der Waals surface area contributed by atoms with Crippen LogP contribution in [-0.4, -0.2) is 30.4 Å². The Hall–Kier alpha value is -0.193. The van der Waals surface area contributed by atoms with Crippen molar-refractivity contribution in [1.29, 1.82) is 0 Å². The highest BCUT2D eigenvalue weighted by Gasteiger charge is 2.65. The molecule has 1 N–H and O–H groups in total. The average Bonchev–Trinajstić information content (AvgIpc) is 2.41. The molecule has 0 amide bonds. The molecule has 4 heteroatoms. The van der Waals surface area contributed by atoms with Crippen LogP contribution in [0.5, 0.6) is 0 Å². The van der Waals surface area contributed by atoms with Crippen LogP contribution < -0.4 is 0 Å². The van der Waals surface area contributed by atoms with Gasteiger partial charge in [0.15, 0.2) is 8.32 Å². The van der Waals surface area contributed by atoms with Crippen LogP contribution in [-0.2, 0) is 9.22 Å². The van der Waals surface area contributed by atoms with Gasteiger partial charge in [0.25, 0.3) is 0 Å². The van der Waals surface area contributed by atoms with E-state index >= 15 is 0 Å². The summed E-state index contributed by atoms with van der Waals surface area (Å²) in [5, 5.41) is 11.4. The summed E-state index contributed by atoms with van der Waals surface area (Å²) in [7, 11) is -2.06. The van der Waals surface area contributed by atoms with Crippen LogP contribution in [0.2, 0.25) is 18.1 Å². The van der Waals surface area contributed by atoms with Crippen molar-refractivity contribution in [2.45, 2.75) is 109 Å². The smallest absolute Gasteiger partial charge is 0.192 e. The predicted octanol–water partition coefficient (Wildman–Crippen LogP) is 5.08. The zero-order valence-corrected chi connectivity index (χ0v) is 18.1. The monoisotopic (exact) mass is 354 g/mol. The summed E-state index contributed by atoms with van der Waals surface area (Å²) in [4.78, 5) is 13.4. The third-order valence-electron chi connectivity index (χ3n) is 7.50. The van der Waals surface area contributed by atoms with E-state index in [-0.39, 0.29) is 16.7 Å². The van der Waals surface area contributed by atoms with Gasteiger partial charge in [-0.25, -0.2) is 0 Å². The van der Waals surface area contributed by atoms with Crippen LogP contribution in [0.3, 0.4) is 0 Å². The first-order valence-electron chi connectivity index (χ1n) is 9.69. The number of hydrogen-bond donors (Lipinski definition) is 1. The Labute approximate surface area is 149 Å². The molecule has 3 aliphatic carbocycles. The standard InChI is InChI=1S/C20H38O3Si/c1-9-19(22)14-20(23-24(7,8)17(2,3)4)13-11-10-12-15(19)16(21)18(20,5)6/h15,22H,9-14H2,1-8H3/t15-,19?,20+/m1/s1. The van der Waals surface area contributed by atoms with Crippen molar-refractivity contribution in [2.24, 2.45) is 11.3 Å². The first-order valence-corrected chi connectivity index (χ1v) is 12.6. The topological polar surface area (TPSA) is 46.5 Å². The maximum atomic E-state index is 13.4. The molecule has 24 heavy (non-hydrogen) atoms. The highest BCUT2D eigenvalue weighted by molar-refractivity contribution is 6.74. The van der Waals surface area contributed by atoms with E-state index in [4.69, 9.17) is 4.43 Å². The van der Waals surface area contributed by atoms with Crippen LogP contribution in [0.4, 0.5) is 0 Å². The molecule has 0 aromatic heterocycles. The molecule has 0 heterocycles. The Balaban J connectivity index is 2.55. The molecule has 140 valence electrons. The third kappa shape index (κ3) is 2.93. The van der Waals surface area contributed by atoms with Gasteiger partial charge in [-0.05, 0) is 37.4 Å². The van der Waals surface area contributed by atoms with Crippen LogP contribution in [0.15, 0.2) is 0 Å². The normalized spacial score (nSPS) is 37.2. The van der Waals surface area contributed by atoms with Gasteiger partial charge in [-0.15, -0.1) is 0 Å². The third-order valence-corrected chi connectivity index (χ3v) is 12.0. The average molecular weight is 355 g/mol. The summed E-state index contributed by atoms with van der Waals surface area (Å²) < 4.78 is 6.99. The van der Waals surface area contributed by atoms with Gasteiger partial charge < -0.3 is 9.53 Å². The van der Waals surface area contributed by atoms with Crippen LogP contribution in [0.25, 0.3) is 0 Å². The number of aliphatic hydroxyl groups is 1. The molecule has 3 rings (SSSR count). The summed E-state index contributed by atoms with van der Waals surface area (Å²) >= 11 is 0. The van der Waals surface area contributed by atoms with Crippen LogP contribution in [0, 0.1) is 11.3 Å². The second-order valence-corrected chi connectivity index (χ2v) is 15.0. The first kappa shape index (κ1) is 20.1. The molecule has 0 aromatic rings. The second-order valence-electron chi connectivity index (χ2n) is 10.3. The molecular weight excluding hydrogens is 316 g/mol. The van der Waals surface area contributed by atoms with Gasteiger partial charge in [0.05, 0.1) is 16.6 Å². The quantitative estimate of drug-likeness (QED) is 0.719. The molecule has 3 aliphatic rings. The van der Waals surface area contributed by atoms with Crippen molar-refractivity contribution < 1.29 is 14.3 Å². The molecule has 2 bridgehead atoms. The second kappa shape index (κ2) is 5.92. The van der Waals surface area contributed by atoms with Crippen molar-refractivity contribution in [3.8, 4) is 0 Å². The molecule has 0 aromatic carbocycles. The van der Waals surface area contributed by atoms with E-state index in [1.807, 2.05) is 6.92 Å². The molecule has 0 saturated heterocycles. The van der Waals surface area contributed by atoms with E-state index in [0.29, 0.717) is 12.8 Å². The number of Topliss-reactive ketones (excluding diaryl/α,β-unsaturated/α-hetero) is 1. The summed E-state index contributed by atoms with van der Waals surface area (Å²) in [6, 6.07) is 0. The van der Waals surface area contributed by atoms with Gasteiger partial charge in [0, 0.05) is 12.3 Å². The van der Waals surface area contributed by atoms with Gasteiger partial charge >= 0.3 is 0 Å². The van der Waals surface area contributed by atoms with Crippen molar-refractivity contribution in [1.82, 2.24) is 0 Å². The lowest BCUT2D eigenvalue weighted by atomic mass is 9.52. The Bertz CT molecular complexity index is 506. The minimum Gasteiger partial charge on any atom is -0.410 e. The molecule has 3 atom stereocenters. The zero-order valence-electron chi connectivity index (χ0n) is 17.1. The lowest BCUT2D eigenvalue weighted by Gasteiger charge is -2.61. The maximum absolute atomic E-state index is 13.4. The summed E-state index contributed by atoms with van der Waals surface area (Å²) in [6.07, 6.45) is 5.03. The highest BCUT2D eigenvalue weighted by Crippen LogP contribution is 2.58. The van der Waals surface area contributed by atoms with Crippen LogP contribution >= 0.6 is 0 Å². The lowest BCUT2D eigenvalue weighted by Crippen LogP contribution is -2.69. The lowest BCUT2D eigenvalue weighted by molar-refractivity contribution is -0.198. The van der Waals surface area contributed by atoms with E-state index in [0.717, 1.165) is 25.7 Å². The fourth-order valence-corrected chi connectivity index (χ4v) is 6.24. The number of hydrogen-bond acceptors (Lipinski definition) is 3. The number of rotatable bonds is 3. The van der Waals surface area contributed by atoms with Gasteiger partial charge in [-0.2, -0.15) is 0 Å². The van der Waals surface area contributed by atoms with Gasteiger partial charge in [0.1, 0.15) is 5.78 Å². The minimum atomic E-state index is -2.06. The van der Waals surface area contributed by atoms with E-state index in [2.05, 4.69) is 47.7 Å². The van der Waals surface area contributed by atoms with E-state index < -0.39 is 24.9 Å². The Morgan fingerprint density at radius 3 is 2.33 bits per heavy atom. The largest absolute Gasteiger partial charge is 0.410 e. The molecule has 0 spiro atoms. The van der Waals surface area contributed by atoms with E-state index in [1.165, 1.54) is 0 Å². The maximum Gasteiger partial charge on any atom is 0.192 e. The van der Waals surface area contributed by atoms with Crippen molar-refractivity contribution in [3.63, 3.8) is 0 Å². The molecule has 0 aliphatic heterocycles. The molecule has 3 nitrogen and oxygen atoms in total. The van der Waals surface area contributed by atoms with Crippen LogP contribution in [0.1, 0.15) is 80.1 Å². The van der Waals surface area contributed by atoms with E-state index in [9.17, 15) is 9.90 Å². The summed E-state index contributed by atoms with van der Waals surface area (Å²) in [5.74, 6) is -0.00884. The summed E-state index contributed by atoms with van der Waals surface area (Å²) in [5.41, 5.74) is -1.97. The van der Waals surface area contributed by atoms with Crippen molar-refractivity contribution >= 4 is 14.1 Å². The Morgan fingerprint density at radius 2 is 1.83 bits per heavy atom. The number of fused-ring (bicyclic) bond motifs is 5. The molecule has 0 radical (unpaired) electrons. The number of carbonyl (C=O) groups is 1. The first-order chi connectivity index (χ1) is 10.7. The molecule has 3 saturated carbocycles. The SMILES string of the molecule is CCC1(O)C[C@@]2(O[Si](C)(C)C(C)(C)C)CCCC[C@@H]1C(=O)C2(C)C. The Kier molecular flexibility index (Phi) is 4.96. The fraction of sp³-hybridized carbons (Fsp3) is 0.950. The number of carbonyl (C=O) groups excluding carboxylic acids is 1. The molecule has 1 unspecified atom stereocenters. The van der Waals surface area contributed by atoms with Gasteiger partial charge in [0.2, 0.25) is 0 Å². The highest BCUT2D eigenvalue weighted by atomic mass is 28.4. The number of ketones is 1. The van der Waals surface area contributed by atoms with Crippen molar-refractivity contribution in [3.05, 3.63) is 0 Å². The van der Waals surface area contributed by atoms with Gasteiger partial charge in [-0.3, -0.25) is 4.79 Å². The minimum absolute atomic E-state index is 0.0877.